The Kier molecular flexibility index (Phi) is 5.94. The molecule has 0 spiro atoms. The molecule has 178 valence electrons. The predicted octanol–water partition coefficient (Wildman–Crippen LogP) is 2.86. The van der Waals surface area contributed by atoms with E-state index in [0.717, 1.165) is 23.0 Å². The summed E-state index contributed by atoms with van der Waals surface area (Å²) in [7, 11) is 1.85. The summed E-state index contributed by atoms with van der Waals surface area (Å²) in [4.78, 5) is 42.1. The van der Waals surface area contributed by atoms with E-state index in [-0.39, 0.29) is 24.5 Å². The quantitative estimate of drug-likeness (QED) is 0.762. The Morgan fingerprint density at radius 3 is 2.64 bits per heavy atom. The Balaban J connectivity index is 1.55. The Hall–Kier alpha value is -3.30. The highest BCUT2D eigenvalue weighted by atomic mass is 16.6. The topological polar surface area (TPSA) is 100 Å². The van der Waals surface area contributed by atoms with Gasteiger partial charge < -0.3 is 14.5 Å². The van der Waals surface area contributed by atoms with Gasteiger partial charge in [0, 0.05) is 50.7 Å². The van der Waals surface area contributed by atoms with Crippen LogP contribution in [0, 0.1) is 0 Å². The highest BCUT2D eigenvalue weighted by Gasteiger charge is 2.33. The lowest BCUT2D eigenvalue weighted by atomic mass is 10.1. The van der Waals surface area contributed by atoms with Gasteiger partial charge in [-0.15, -0.1) is 0 Å². The molecule has 1 unspecified atom stereocenters. The van der Waals surface area contributed by atoms with Crippen molar-refractivity contribution in [3.63, 3.8) is 0 Å². The van der Waals surface area contributed by atoms with Crippen molar-refractivity contribution in [2.24, 2.45) is 7.05 Å². The normalized spacial score (nSPS) is 19.8. The average molecular weight is 457 g/mol. The fourth-order valence-electron chi connectivity index (χ4n) is 4.39. The van der Waals surface area contributed by atoms with Crippen molar-refractivity contribution < 1.29 is 19.1 Å². The number of nitrogens with zero attached hydrogens (tertiary/aromatic N) is 5. The van der Waals surface area contributed by atoms with Gasteiger partial charge in [0.05, 0.1) is 11.6 Å². The van der Waals surface area contributed by atoms with E-state index in [2.05, 4.69) is 28.3 Å². The summed E-state index contributed by atoms with van der Waals surface area (Å²) in [5.41, 5.74) is 1.42. The van der Waals surface area contributed by atoms with Gasteiger partial charge in [-0.2, -0.15) is 5.10 Å². The van der Waals surface area contributed by atoms with Crippen molar-refractivity contribution in [2.45, 2.75) is 52.2 Å². The lowest BCUT2D eigenvalue weighted by Crippen LogP contribution is -2.56. The second-order valence-corrected chi connectivity index (χ2v) is 9.59. The molecule has 1 atom stereocenters. The van der Waals surface area contributed by atoms with Gasteiger partial charge in [0.1, 0.15) is 5.60 Å². The SMILES string of the molecule is CCC1CN(c2ccc3c(N4CCC(=O)NC4=O)nn(C)c3c2)CCN1C(=O)OC(C)(C)C. The molecule has 0 aliphatic carbocycles. The number of ether oxygens (including phenoxy) is 1. The predicted molar refractivity (Wildman–Crippen MR) is 125 cm³/mol. The van der Waals surface area contributed by atoms with Crippen LogP contribution in [0.3, 0.4) is 0 Å². The van der Waals surface area contributed by atoms with Crippen LogP contribution in [0.4, 0.5) is 21.1 Å². The van der Waals surface area contributed by atoms with Crippen LogP contribution in [-0.2, 0) is 16.6 Å². The lowest BCUT2D eigenvalue weighted by Gasteiger charge is -2.42. The maximum Gasteiger partial charge on any atom is 0.410 e. The maximum absolute atomic E-state index is 12.7. The smallest absolute Gasteiger partial charge is 0.410 e. The van der Waals surface area contributed by atoms with Crippen LogP contribution in [0.15, 0.2) is 18.2 Å². The average Bonchev–Trinajstić information content (AvgIpc) is 3.07. The van der Waals surface area contributed by atoms with Crippen LogP contribution in [0.1, 0.15) is 40.5 Å². The molecule has 0 saturated carbocycles. The van der Waals surface area contributed by atoms with Gasteiger partial charge in [0.15, 0.2) is 5.82 Å². The van der Waals surface area contributed by atoms with E-state index in [0.29, 0.717) is 32.0 Å². The largest absolute Gasteiger partial charge is 0.444 e. The number of benzene rings is 1. The molecule has 33 heavy (non-hydrogen) atoms. The molecule has 0 radical (unpaired) electrons. The van der Waals surface area contributed by atoms with Crippen LogP contribution < -0.4 is 15.1 Å². The number of anilines is 2. The fourth-order valence-corrected chi connectivity index (χ4v) is 4.39. The molecule has 1 aromatic carbocycles. The summed E-state index contributed by atoms with van der Waals surface area (Å²) < 4.78 is 7.35. The molecule has 2 aliphatic rings. The van der Waals surface area contributed by atoms with E-state index >= 15 is 0 Å². The number of hydrogen-bond donors (Lipinski definition) is 1. The third-order valence-corrected chi connectivity index (χ3v) is 6.07. The molecular weight excluding hydrogens is 424 g/mol. The number of aryl methyl sites for hydroxylation is 1. The molecule has 1 aromatic heterocycles. The number of carbonyl (C=O) groups is 3. The van der Waals surface area contributed by atoms with E-state index in [1.54, 1.807) is 4.68 Å². The van der Waals surface area contributed by atoms with Crippen molar-refractivity contribution >= 4 is 40.4 Å². The highest BCUT2D eigenvalue weighted by molar-refractivity contribution is 6.09. The standard InChI is InChI=1S/C23H32N6O4/c1-6-15-14-27(11-12-28(15)22(32)33-23(2,3)4)16-7-8-17-18(13-16)26(5)25-20(17)29-10-9-19(30)24-21(29)31/h7-8,13,15H,6,9-12,14H2,1-5H3,(H,24,30,31). The number of carbonyl (C=O) groups excluding carboxylic acids is 3. The molecule has 0 bridgehead atoms. The third kappa shape index (κ3) is 4.60. The van der Waals surface area contributed by atoms with Gasteiger partial charge in [-0.3, -0.25) is 19.7 Å². The first-order chi connectivity index (χ1) is 15.6. The number of aromatic nitrogens is 2. The van der Waals surface area contributed by atoms with E-state index in [9.17, 15) is 14.4 Å². The van der Waals surface area contributed by atoms with Crippen molar-refractivity contribution in [3.05, 3.63) is 18.2 Å². The summed E-state index contributed by atoms with van der Waals surface area (Å²) in [6.45, 7) is 10.0. The Labute approximate surface area is 193 Å². The summed E-state index contributed by atoms with van der Waals surface area (Å²) >= 11 is 0. The van der Waals surface area contributed by atoms with E-state index in [4.69, 9.17) is 4.74 Å². The van der Waals surface area contributed by atoms with Gasteiger partial charge >= 0.3 is 12.1 Å². The molecule has 3 heterocycles. The van der Waals surface area contributed by atoms with Crippen molar-refractivity contribution in [1.29, 1.82) is 0 Å². The number of piperazine rings is 1. The number of amides is 4. The lowest BCUT2D eigenvalue weighted by molar-refractivity contribution is -0.120. The van der Waals surface area contributed by atoms with E-state index in [1.165, 1.54) is 4.90 Å². The third-order valence-electron chi connectivity index (χ3n) is 6.07. The zero-order chi connectivity index (χ0) is 23.9. The van der Waals surface area contributed by atoms with Crippen LogP contribution >= 0.6 is 0 Å². The van der Waals surface area contributed by atoms with Gasteiger partial charge in [0.25, 0.3) is 0 Å². The van der Waals surface area contributed by atoms with Crippen LogP contribution in [0.5, 0.6) is 0 Å². The number of urea groups is 1. The second-order valence-electron chi connectivity index (χ2n) is 9.59. The summed E-state index contributed by atoms with van der Waals surface area (Å²) in [6.07, 6.45) is 0.817. The first-order valence-electron chi connectivity index (χ1n) is 11.4. The molecule has 2 aromatic rings. The van der Waals surface area contributed by atoms with Gasteiger partial charge in [-0.25, -0.2) is 9.59 Å². The molecule has 4 amide bonds. The Bertz CT molecular complexity index is 1090. The zero-order valence-electron chi connectivity index (χ0n) is 19.9. The van der Waals surface area contributed by atoms with Crippen LogP contribution in [0.2, 0.25) is 0 Å². The summed E-state index contributed by atoms with van der Waals surface area (Å²) in [5, 5.41) is 7.76. The molecule has 10 heteroatoms. The molecule has 2 aliphatic heterocycles. The first kappa shape index (κ1) is 22.9. The van der Waals surface area contributed by atoms with E-state index in [1.807, 2.05) is 44.9 Å². The fraction of sp³-hybridized carbons (Fsp3) is 0.565. The number of hydrogen-bond acceptors (Lipinski definition) is 6. The minimum absolute atomic E-state index is 0.0565. The first-order valence-corrected chi connectivity index (χ1v) is 11.4. The monoisotopic (exact) mass is 456 g/mol. The number of nitrogens with one attached hydrogen (secondary N) is 1. The summed E-state index contributed by atoms with van der Waals surface area (Å²) in [5.74, 6) is 0.278. The molecule has 1 N–H and O–H groups in total. The Morgan fingerprint density at radius 2 is 1.97 bits per heavy atom. The van der Waals surface area contributed by atoms with Crippen molar-refractivity contribution in [2.75, 3.05) is 36.0 Å². The minimum Gasteiger partial charge on any atom is -0.444 e. The molecule has 2 saturated heterocycles. The van der Waals surface area contributed by atoms with Crippen molar-refractivity contribution in [1.82, 2.24) is 20.0 Å². The van der Waals surface area contributed by atoms with Crippen LogP contribution in [0.25, 0.3) is 10.9 Å². The Morgan fingerprint density at radius 1 is 1.21 bits per heavy atom. The van der Waals surface area contributed by atoms with Crippen LogP contribution in [-0.4, -0.2) is 70.5 Å². The highest BCUT2D eigenvalue weighted by Crippen LogP contribution is 2.31. The maximum atomic E-state index is 12.7. The number of fused-ring (bicyclic) bond motifs is 1. The number of imide groups is 1. The number of rotatable bonds is 3. The second kappa shape index (κ2) is 8.57. The summed E-state index contributed by atoms with van der Waals surface area (Å²) in [6, 6.07) is 5.67. The molecule has 2 fully saturated rings. The van der Waals surface area contributed by atoms with E-state index < -0.39 is 11.6 Å². The minimum atomic E-state index is -0.521. The van der Waals surface area contributed by atoms with Gasteiger partial charge in [-0.05, 0) is 45.4 Å². The van der Waals surface area contributed by atoms with Gasteiger partial charge in [-0.1, -0.05) is 6.92 Å². The van der Waals surface area contributed by atoms with Crippen molar-refractivity contribution in [3.8, 4) is 0 Å². The molecule has 4 rings (SSSR count). The van der Waals surface area contributed by atoms with Gasteiger partial charge in [0.2, 0.25) is 5.91 Å². The zero-order valence-corrected chi connectivity index (χ0v) is 19.9. The molecular formula is C23H32N6O4. The molecule has 10 nitrogen and oxygen atoms in total.